The topological polar surface area (TPSA) is 95.5 Å². The third-order valence-electron chi connectivity index (χ3n) is 5.08. The van der Waals surface area contributed by atoms with Crippen LogP contribution in [-0.2, 0) is 0 Å². The second-order valence-corrected chi connectivity index (χ2v) is 7.23. The summed E-state index contributed by atoms with van der Waals surface area (Å²) in [5, 5.41) is 14.5. The summed E-state index contributed by atoms with van der Waals surface area (Å²) in [4.78, 5) is 4.20. The van der Waals surface area contributed by atoms with Gasteiger partial charge in [-0.3, -0.25) is 4.99 Å². The van der Waals surface area contributed by atoms with Crippen molar-refractivity contribution in [1.82, 2.24) is 5.32 Å². The van der Waals surface area contributed by atoms with Crippen LogP contribution in [0.3, 0.4) is 0 Å². The molecule has 0 saturated heterocycles. The van der Waals surface area contributed by atoms with Crippen LogP contribution in [0.5, 0.6) is 5.75 Å². The molecule has 0 aliphatic heterocycles. The Bertz CT molecular complexity index is 993. The molecular weight excluding hydrogens is 393 g/mol. The van der Waals surface area contributed by atoms with E-state index in [0.717, 1.165) is 33.7 Å². The maximum Gasteiger partial charge on any atom is 0.130 e. The average molecular weight is 426 g/mol. The fourth-order valence-electron chi connectivity index (χ4n) is 3.37. The van der Waals surface area contributed by atoms with E-state index in [1.165, 1.54) is 12.1 Å². The van der Waals surface area contributed by atoms with Crippen molar-refractivity contribution in [2.75, 3.05) is 39.6 Å². The molecule has 0 amide bonds. The van der Waals surface area contributed by atoms with E-state index in [0.29, 0.717) is 36.7 Å². The molecular formula is C24H32FN5O. The molecule has 5 N–H and O–H groups in total. The number of nitrogens with one attached hydrogen (secondary N) is 3. The first-order valence-corrected chi connectivity index (χ1v) is 10.2. The van der Waals surface area contributed by atoms with Gasteiger partial charge in [-0.25, -0.2) is 4.39 Å². The number of hydrogen-bond donors (Lipinski definition) is 4. The molecule has 166 valence electrons. The standard InChI is InChI=1S/C24H32FN5O/c1-15(26)19(16(2)29-4)10-11-31-24-13-18(25)7-8-20(24)17-6-9-23(30-5)21(12-17)22(27)14-28-3/h6-9,12-13,27-28,30H,10-11,14,26H2,1-5H3. The van der Waals surface area contributed by atoms with Gasteiger partial charge in [-0.15, -0.1) is 0 Å². The van der Waals surface area contributed by atoms with Gasteiger partial charge in [0.15, 0.2) is 0 Å². The molecule has 0 saturated carbocycles. The van der Waals surface area contributed by atoms with E-state index in [4.69, 9.17) is 15.9 Å². The van der Waals surface area contributed by atoms with Crippen LogP contribution >= 0.6 is 0 Å². The Morgan fingerprint density at radius 2 is 1.90 bits per heavy atom. The quantitative estimate of drug-likeness (QED) is 0.429. The fourth-order valence-corrected chi connectivity index (χ4v) is 3.37. The van der Waals surface area contributed by atoms with Gasteiger partial charge in [0, 0.05) is 61.4 Å². The molecule has 2 aromatic rings. The molecule has 0 fully saturated rings. The van der Waals surface area contributed by atoms with Gasteiger partial charge >= 0.3 is 0 Å². The van der Waals surface area contributed by atoms with Crippen molar-refractivity contribution >= 4 is 17.1 Å². The molecule has 2 rings (SSSR count). The third-order valence-corrected chi connectivity index (χ3v) is 5.08. The average Bonchev–Trinajstić information content (AvgIpc) is 2.75. The molecule has 0 aliphatic carbocycles. The van der Waals surface area contributed by atoms with E-state index in [1.807, 2.05) is 39.1 Å². The molecule has 0 aliphatic rings. The lowest BCUT2D eigenvalue weighted by Crippen LogP contribution is -2.19. The number of rotatable bonds is 10. The number of hydrogen-bond acceptors (Lipinski definition) is 6. The van der Waals surface area contributed by atoms with Crippen LogP contribution in [0.4, 0.5) is 10.1 Å². The van der Waals surface area contributed by atoms with E-state index in [2.05, 4.69) is 15.6 Å². The molecule has 0 aromatic heterocycles. The highest BCUT2D eigenvalue weighted by molar-refractivity contribution is 6.05. The summed E-state index contributed by atoms with van der Waals surface area (Å²) in [7, 11) is 5.35. The maximum atomic E-state index is 14.0. The normalized spacial score (nSPS) is 12.4. The minimum Gasteiger partial charge on any atom is -0.492 e. The zero-order chi connectivity index (χ0) is 23.0. The van der Waals surface area contributed by atoms with E-state index in [-0.39, 0.29) is 5.82 Å². The number of allylic oxidation sites excluding steroid dienone is 1. The van der Waals surface area contributed by atoms with E-state index in [1.54, 1.807) is 20.2 Å². The zero-order valence-electron chi connectivity index (χ0n) is 18.9. The smallest absolute Gasteiger partial charge is 0.130 e. The lowest BCUT2D eigenvalue weighted by atomic mass is 9.98. The van der Waals surface area contributed by atoms with Gasteiger partial charge < -0.3 is 26.5 Å². The van der Waals surface area contributed by atoms with Crippen LogP contribution in [0.25, 0.3) is 11.1 Å². The first-order chi connectivity index (χ1) is 14.8. The largest absolute Gasteiger partial charge is 0.492 e. The second kappa shape index (κ2) is 11.3. The fraction of sp³-hybridized carbons (Fsp3) is 0.333. The lowest BCUT2D eigenvalue weighted by molar-refractivity contribution is 0.322. The Morgan fingerprint density at radius 3 is 2.52 bits per heavy atom. The van der Waals surface area contributed by atoms with Gasteiger partial charge in [0.05, 0.1) is 12.3 Å². The van der Waals surface area contributed by atoms with Gasteiger partial charge in [0.1, 0.15) is 11.6 Å². The summed E-state index contributed by atoms with van der Waals surface area (Å²) in [6.45, 7) is 4.52. The lowest BCUT2D eigenvalue weighted by Gasteiger charge is -2.16. The van der Waals surface area contributed by atoms with Crippen LogP contribution in [0.2, 0.25) is 0 Å². The molecule has 0 atom stereocenters. The van der Waals surface area contributed by atoms with Crippen molar-refractivity contribution in [3.63, 3.8) is 0 Å². The van der Waals surface area contributed by atoms with Crippen LogP contribution in [0.1, 0.15) is 25.8 Å². The minimum atomic E-state index is -0.370. The van der Waals surface area contributed by atoms with Crippen molar-refractivity contribution in [1.29, 1.82) is 5.41 Å². The summed E-state index contributed by atoms with van der Waals surface area (Å²) in [5.74, 6) is 0.0780. The number of aliphatic imine (C=N–C) groups is 1. The van der Waals surface area contributed by atoms with Gasteiger partial charge in [-0.05, 0) is 56.3 Å². The number of likely N-dealkylation sites (N-methyl/N-ethyl adjacent to an activating group) is 1. The monoisotopic (exact) mass is 425 g/mol. The van der Waals surface area contributed by atoms with Crippen molar-refractivity contribution in [2.24, 2.45) is 10.7 Å². The first kappa shape index (κ1) is 24.1. The summed E-state index contributed by atoms with van der Waals surface area (Å²) in [6.07, 6.45) is 0.568. The molecule has 7 heteroatoms. The summed E-state index contributed by atoms with van der Waals surface area (Å²) in [6, 6.07) is 10.3. The van der Waals surface area contributed by atoms with E-state index in [9.17, 15) is 4.39 Å². The van der Waals surface area contributed by atoms with Crippen molar-refractivity contribution < 1.29 is 9.13 Å². The summed E-state index contributed by atoms with van der Waals surface area (Å²) in [5.41, 5.74) is 12.2. The van der Waals surface area contributed by atoms with Gasteiger partial charge in [0.25, 0.3) is 0 Å². The highest BCUT2D eigenvalue weighted by atomic mass is 19.1. The Hall–Kier alpha value is -3.19. The molecule has 2 aromatic carbocycles. The Kier molecular flexibility index (Phi) is 8.75. The number of halogens is 1. The van der Waals surface area contributed by atoms with Crippen LogP contribution in [0, 0.1) is 11.2 Å². The van der Waals surface area contributed by atoms with Gasteiger partial charge in [-0.2, -0.15) is 0 Å². The highest BCUT2D eigenvalue weighted by Gasteiger charge is 2.14. The molecule has 31 heavy (non-hydrogen) atoms. The highest BCUT2D eigenvalue weighted by Crippen LogP contribution is 2.33. The molecule has 0 spiro atoms. The SMILES string of the molecule is CN=C(C)C(CCOc1cc(F)ccc1-c1ccc(NC)c(C(=N)CNC)c1)=C(C)N. The predicted octanol–water partition coefficient (Wildman–Crippen LogP) is 4.21. The second-order valence-electron chi connectivity index (χ2n) is 7.23. The zero-order valence-corrected chi connectivity index (χ0v) is 18.9. The van der Waals surface area contributed by atoms with Crippen LogP contribution in [-0.4, -0.2) is 45.7 Å². The summed E-state index contributed by atoms with van der Waals surface area (Å²) >= 11 is 0. The van der Waals surface area contributed by atoms with Crippen molar-refractivity contribution in [3.8, 4) is 16.9 Å². The van der Waals surface area contributed by atoms with Crippen molar-refractivity contribution in [2.45, 2.75) is 20.3 Å². The van der Waals surface area contributed by atoms with Crippen LogP contribution < -0.4 is 21.1 Å². The summed E-state index contributed by atoms with van der Waals surface area (Å²) < 4.78 is 20.0. The molecule has 0 bridgehead atoms. The molecule has 0 radical (unpaired) electrons. The van der Waals surface area contributed by atoms with Crippen LogP contribution in [0.15, 0.2) is 52.7 Å². The maximum absolute atomic E-state index is 14.0. The Morgan fingerprint density at radius 1 is 1.16 bits per heavy atom. The van der Waals surface area contributed by atoms with Crippen molar-refractivity contribution in [3.05, 3.63) is 59.0 Å². The number of anilines is 1. The minimum absolute atomic E-state index is 0.338. The number of ether oxygens (including phenoxy) is 1. The number of nitrogens with zero attached hydrogens (tertiary/aromatic N) is 1. The first-order valence-electron chi connectivity index (χ1n) is 10.2. The predicted molar refractivity (Wildman–Crippen MR) is 128 cm³/mol. The molecule has 0 heterocycles. The number of nitrogens with two attached hydrogens (primary N) is 1. The van der Waals surface area contributed by atoms with E-state index >= 15 is 0 Å². The van der Waals surface area contributed by atoms with E-state index < -0.39 is 0 Å². The number of benzene rings is 2. The Labute approximate surface area is 183 Å². The van der Waals surface area contributed by atoms with Gasteiger partial charge in [0.2, 0.25) is 0 Å². The third kappa shape index (κ3) is 6.15. The Balaban J connectivity index is 2.36. The van der Waals surface area contributed by atoms with Gasteiger partial charge in [-0.1, -0.05) is 6.07 Å². The molecule has 6 nitrogen and oxygen atoms in total. The molecule has 0 unspecified atom stereocenters.